The molecular weight excluding hydrogens is 196 g/mol. The molecule has 0 aliphatic carbocycles. The number of primary sulfonamides is 1. The van der Waals surface area contributed by atoms with Gasteiger partial charge in [0.2, 0.25) is 10.0 Å². The molecule has 0 amide bonds. The van der Waals surface area contributed by atoms with Gasteiger partial charge in [-0.2, -0.15) is 16.6 Å². The summed E-state index contributed by atoms with van der Waals surface area (Å²) >= 11 is 1.29. The second kappa shape index (κ2) is 3.23. The summed E-state index contributed by atoms with van der Waals surface area (Å²) in [6.45, 7) is 0. The highest BCUT2D eigenvalue weighted by molar-refractivity contribution is 7.88. The Morgan fingerprint density at radius 3 is 2.75 bits per heavy atom. The van der Waals surface area contributed by atoms with Crippen LogP contribution in [0.15, 0.2) is 10.8 Å². The first-order chi connectivity index (χ1) is 5.53. The molecule has 2 N–H and O–H groups in total. The molecular formula is C6H6N2O2S2. The zero-order valence-corrected chi connectivity index (χ0v) is 7.65. The van der Waals surface area contributed by atoms with Crippen LogP contribution in [-0.2, 0) is 15.8 Å². The second-order valence-corrected chi connectivity index (χ2v) is 4.59. The minimum Gasteiger partial charge on any atom is -0.228 e. The van der Waals surface area contributed by atoms with E-state index in [-0.39, 0.29) is 5.75 Å². The van der Waals surface area contributed by atoms with Crippen LogP contribution in [-0.4, -0.2) is 8.42 Å². The molecule has 12 heavy (non-hydrogen) atoms. The van der Waals surface area contributed by atoms with E-state index in [1.165, 1.54) is 11.3 Å². The van der Waals surface area contributed by atoms with Crippen molar-refractivity contribution in [2.75, 3.05) is 0 Å². The average Bonchev–Trinajstić information content (AvgIpc) is 2.31. The Morgan fingerprint density at radius 2 is 2.25 bits per heavy atom. The van der Waals surface area contributed by atoms with Gasteiger partial charge in [0.05, 0.1) is 11.3 Å². The number of nitriles is 1. The Bertz CT molecular complexity index is 413. The third-order valence-corrected chi connectivity index (χ3v) is 2.73. The predicted octanol–water partition coefficient (Wildman–Crippen LogP) is 0.408. The van der Waals surface area contributed by atoms with E-state index in [4.69, 9.17) is 10.4 Å². The molecule has 0 saturated carbocycles. The largest absolute Gasteiger partial charge is 0.228 e. The Hall–Kier alpha value is -0.900. The number of thiophene rings is 1. The number of rotatable bonds is 2. The maximum absolute atomic E-state index is 10.6. The van der Waals surface area contributed by atoms with Crippen LogP contribution < -0.4 is 5.14 Å². The Labute approximate surface area is 74.3 Å². The molecule has 0 radical (unpaired) electrons. The van der Waals surface area contributed by atoms with Crippen LogP contribution in [0.1, 0.15) is 11.1 Å². The SMILES string of the molecule is N#Cc1cscc1CS(N)(=O)=O. The van der Waals surface area contributed by atoms with Crippen LogP contribution in [0.2, 0.25) is 0 Å². The van der Waals surface area contributed by atoms with Gasteiger partial charge < -0.3 is 0 Å². The van der Waals surface area contributed by atoms with Gasteiger partial charge in [-0.3, -0.25) is 0 Å². The fourth-order valence-corrected chi connectivity index (χ4v) is 2.31. The van der Waals surface area contributed by atoms with Gasteiger partial charge in [0.1, 0.15) is 6.07 Å². The first-order valence-corrected chi connectivity index (χ1v) is 5.64. The molecule has 0 aromatic carbocycles. The van der Waals surface area contributed by atoms with E-state index in [0.717, 1.165) is 0 Å². The number of nitrogens with two attached hydrogens (primary N) is 1. The summed E-state index contributed by atoms with van der Waals surface area (Å²) in [6.07, 6.45) is 0. The number of hydrogen-bond acceptors (Lipinski definition) is 4. The van der Waals surface area contributed by atoms with E-state index in [0.29, 0.717) is 11.1 Å². The summed E-state index contributed by atoms with van der Waals surface area (Å²) in [7, 11) is -3.52. The van der Waals surface area contributed by atoms with Crippen molar-refractivity contribution in [2.24, 2.45) is 5.14 Å². The molecule has 0 aliphatic rings. The van der Waals surface area contributed by atoms with Crippen molar-refractivity contribution >= 4 is 21.4 Å². The summed E-state index contributed by atoms with van der Waals surface area (Å²) in [4.78, 5) is 0. The van der Waals surface area contributed by atoms with Crippen LogP contribution in [0, 0.1) is 11.3 Å². The molecule has 6 heteroatoms. The molecule has 0 atom stereocenters. The van der Waals surface area contributed by atoms with Crippen LogP contribution in [0.3, 0.4) is 0 Å². The molecule has 4 nitrogen and oxygen atoms in total. The van der Waals surface area contributed by atoms with Gasteiger partial charge >= 0.3 is 0 Å². The average molecular weight is 202 g/mol. The van der Waals surface area contributed by atoms with Gasteiger partial charge in [0.25, 0.3) is 0 Å². The van der Waals surface area contributed by atoms with Crippen molar-refractivity contribution in [2.45, 2.75) is 5.75 Å². The summed E-state index contributed by atoms with van der Waals surface area (Å²) in [5.41, 5.74) is 0.860. The lowest BCUT2D eigenvalue weighted by Crippen LogP contribution is -2.14. The lowest BCUT2D eigenvalue weighted by atomic mass is 10.2. The van der Waals surface area contributed by atoms with Crippen molar-refractivity contribution in [3.8, 4) is 6.07 Å². The number of hydrogen-bond donors (Lipinski definition) is 1. The Morgan fingerprint density at radius 1 is 1.58 bits per heavy atom. The normalized spacial score (nSPS) is 11.0. The Kier molecular flexibility index (Phi) is 2.47. The molecule has 0 bridgehead atoms. The quantitative estimate of drug-likeness (QED) is 0.753. The van der Waals surface area contributed by atoms with Crippen LogP contribution >= 0.6 is 11.3 Å². The van der Waals surface area contributed by atoms with E-state index in [9.17, 15) is 8.42 Å². The van der Waals surface area contributed by atoms with Gasteiger partial charge in [-0.05, 0) is 10.9 Å². The Balaban J connectivity index is 2.99. The summed E-state index contributed by atoms with van der Waals surface area (Å²) in [5, 5.41) is 16.6. The lowest BCUT2D eigenvalue weighted by Gasteiger charge is -1.94. The predicted molar refractivity (Wildman–Crippen MR) is 45.8 cm³/mol. The van der Waals surface area contributed by atoms with E-state index < -0.39 is 10.0 Å². The van der Waals surface area contributed by atoms with Crippen molar-refractivity contribution < 1.29 is 8.42 Å². The first-order valence-electron chi connectivity index (χ1n) is 2.98. The van der Waals surface area contributed by atoms with Crippen molar-refractivity contribution in [3.05, 3.63) is 21.9 Å². The van der Waals surface area contributed by atoms with Gasteiger partial charge in [-0.1, -0.05) is 0 Å². The standard InChI is InChI=1S/C6H6N2O2S2/c7-1-5-2-11-3-6(5)4-12(8,9)10/h2-3H,4H2,(H2,8,9,10). The zero-order valence-electron chi connectivity index (χ0n) is 6.02. The molecule has 1 rings (SSSR count). The third kappa shape index (κ3) is 2.30. The third-order valence-electron chi connectivity index (χ3n) is 1.22. The highest BCUT2D eigenvalue weighted by atomic mass is 32.2. The van der Waals surface area contributed by atoms with E-state index >= 15 is 0 Å². The van der Waals surface area contributed by atoms with Crippen LogP contribution in [0.4, 0.5) is 0 Å². The molecule has 0 spiro atoms. The smallest absolute Gasteiger partial charge is 0.213 e. The fraction of sp³-hybridized carbons (Fsp3) is 0.167. The van der Waals surface area contributed by atoms with Crippen molar-refractivity contribution in [3.63, 3.8) is 0 Å². The fourth-order valence-electron chi connectivity index (χ4n) is 0.750. The van der Waals surface area contributed by atoms with E-state index in [1.807, 2.05) is 6.07 Å². The topological polar surface area (TPSA) is 83.9 Å². The van der Waals surface area contributed by atoms with Gasteiger partial charge in [-0.25, -0.2) is 13.6 Å². The molecule has 0 fully saturated rings. The minimum atomic E-state index is -3.52. The second-order valence-electron chi connectivity index (χ2n) is 2.23. The highest BCUT2D eigenvalue weighted by Crippen LogP contribution is 2.15. The molecule has 0 saturated heterocycles. The molecule has 1 aromatic heterocycles. The summed E-state index contributed by atoms with van der Waals surface area (Å²) in [6, 6.07) is 1.89. The van der Waals surface area contributed by atoms with E-state index in [2.05, 4.69) is 0 Å². The molecule has 0 unspecified atom stereocenters. The van der Waals surface area contributed by atoms with E-state index in [1.54, 1.807) is 10.8 Å². The molecule has 1 aromatic rings. The maximum Gasteiger partial charge on any atom is 0.213 e. The van der Waals surface area contributed by atoms with Crippen molar-refractivity contribution in [1.29, 1.82) is 5.26 Å². The molecule has 1 heterocycles. The number of nitrogens with zero attached hydrogens (tertiary/aromatic N) is 1. The van der Waals surface area contributed by atoms with Gasteiger partial charge in [-0.15, -0.1) is 0 Å². The number of sulfonamides is 1. The monoisotopic (exact) mass is 202 g/mol. The van der Waals surface area contributed by atoms with Gasteiger partial charge in [0.15, 0.2) is 0 Å². The first kappa shape index (κ1) is 9.19. The maximum atomic E-state index is 10.6. The highest BCUT2D eigenvalue weighted by Gasteiger charge is 2.09. The zero-order chi connectivity index (χ0) is 9.19. The van der Waals surface area contributed by atoms with Gasteiger partial charge in [0, 0.05) is 5.38 Å². The molecule has 0 aliphatic heterocycles. The minimum absolute atomic E-state index is 0.264. The van der Waals surface area contributed by atoms with Crippen molar-refractivity contribution in [1.82, 2.24) is 0 Å². The summed E-state index contributed by atoms with van der Waals surface area (Å²) < 4.78 is 21.3. The summed E-state index contributed by atoms with van der Waals surface area (Å²) in [5.74, 6) is -0.264. The molecule has 64 valence electrons. The van der Waals surface area contributed by atoms with Crippen LogP contribution in [0.25, 0.3) is 0 Å². The van der Waals surface area contributed by atoms with Crippen LogP contribution in [0.5, 0.6) is 0 Å². The lowest BCUT2D eigenvalue weighted by molar-refractivity contribution is 0.597.